The van der Waals surface area contributed by atoms with Crippen molar-refractivity contribution in [2.24, 2.45) is 0 Å². The number of halogens is 1. The maximum absolute atomic E-state index is 10.5. The van der Waals surface area contributed by atoms with Crippen LogP contribution in [0, 0.1) is 0 Å². The molecule has 2 rings (SSSR count). The van der Waals surface area contributed by atoms with E-state index in [0.29, 0.717) is 0 Å². The zero-order chi connectivity index (χ0) is 15.2. The second kappa shape index (κ2) is 7.41. The number of hydrogen-bond acceptors (Lipinski definition) is 3. The number of rotatable bonds is 6. The molecule has 21 heavy (non-hydrogen) atoms. The summed E-state index contributed by atoms with van der Waals surface area (Å²) >= 11 is 7.61. The number of hydrogen-bond donors (Lipinski definition) is 1. The van der Waals surface area contributed by atoms with Crippen molar-refractivity contribution in [1.82, 2.24) is 4.90 Å². The van der Waals surface area contributed by atoms with Gasteiger partial charge < -0.3 is 5.11 Å². The number of aliphatic carboxylic acids is 1. The van der Waals surface area contributed by atoms with E-state index in [-0.39, 0.29) is 0 Å². The molecular weight excluding hydrogens is 306 g/mol. The van der Waals surface area contributed by atoms with Gasteiger partial charge >= 0.3 is 5.97 Å². The molecule has 0 bridgehead atoms. The third kappa shape index (κ3) is 5.34. The van der Waals surface area contributed by atoms with Crippen LogP contribution in [0.1, 0.15) is 16.0 Å². The van der Waals surface area contributed by atoms with Crippen LogP contribution in [0.15, 0.2) is 41.8 Å². The first kappa shape index (κ1) is 15.8. The maximum atomic E-state index is 10.5. The van der Waals surface area contributed by atoms with Crippen LogP contribution in [0.5, 0.6) is 0 Å². The summed E-state index contributed by atoms with van der Waals surface area (Å²) in [6.07, 6.45) is 2.76. The Bertz CT molecular complexity index is 651. The molecule has 2 aromatic rings. The van der Waals surface area contributed by atoms with Gasteiger partial charge in [0.15, 0.2) is 0 Å². The van der Waals surface area contributed by atoms with Crippen molar-refractivity contribution in [1.29, 1.82) is 0 Å². The summed E-state index contributed by atoms with van der Waals surface area (Å²) in [5, 5.41) is 11.3. The Labute approximate surface area is 133 Å². The van der Waals surface area contributed by atoms with Gasteiger partial charge in [0.2, 0.25) is 0 Å². The normalized spacial score (nSPS) is 11.4. The fraction of sp³-hybridized carbons (Fsp3) is 0.188. The Balaban J connectivity index is 1.93. The molecule has 1 aromatic heterocycles. The van der Waals surface area contributed by atoms with E-state index in [4.69, 9.17) is 16.7 Å². The molecule has 1 aromatic carbocycles. The van der Waals surface area contributed by atoms with E-state index in [9.17, 15) is 4.79 Å². The van der Waals surface area contributed by atoms with Gasteiger partial charge in [0.25, 0.3) is 0 Å². The Morgan fingerprint density at radius 2 is 2.19 bits per heavy atom. The van der Waals surface area contributed by atoms with Gasteiger partial charge in [0, 0.05) is 29.1 Å². The average Bonchev–Trinajstić information content (AvgIpc) is 2.83. The minimum atomic E-state index is -0.930. The van der Waals surface area contributed by atoms with E-state index in [1.54, 1.807) is 17.4 Å². The molecule has 0 atom stereocenters. The van der Waals surface area contributed by atoms with E-state index >= 15 is 0 Å². The van der Waals surface area contributed by atoms with E-state index in [0.717, 1.165) is 29.8 Å². The summed E-state index contributed by atoms with van der Waals surface area (Å²) in [6, 6.07) is 9.85. The van der Waals surface area contributed by atoms with Gasteiger partial charge in [-0.15, -0.1) is 11.3 Å². The summed E-state index contributed by atoms with van der Waals surface area (Å²) in [4.78, 5) is 13.9. The summed E-state index contributed by atoms with van der Waals surface area (Å²) in [7, 11) is 2.05. The van der Waals surface area contributed by atoms with Gasteiger partial charge in [-0.3, -0.25) is 4.90 Å². The Hall–Kier alpha value is -1.62. The van der Waals surface area contributed by atoms with Crippen LogP contribution in [0.2, 0.25) is 5.02 Å². The molecule has 0 aliphatic rings. The summed E-state index contributed by atoms with van der Waals surface area (Å²) in [6.45, 7) is 1.64. The van der Waals surface area contributed by atoms with Crippen molar-refractivity contribution in [2.45, 2.75) is 13.1 Å². The lowest BCUT2D eigenvalue weighted by atomic mass is 10.2. The zero-order valence-electron chi connectivity index (χ0n) is 11.6. The van der Waals surface area contributed by atoms with Crippen molar-refractivity contribution in [3.05, 3.63) is 62.8 Å². The number of carboxylic acids is 1. The van der Waals surface area contributed by atoms with Crippen molar-refractivity contribution < 1.29 is 9.90 Å². The largest absolute Gasteiger partial charge is 0.478 e. The number of carboxylic acid groups (broad SMARTS) is 1. The molecule has 0 radical (unpaired) electrons. The van der Waals surface area contributed by atoms with E-state index in [2.05, 4.69) is 11.0 Å². The topological polar surface area (TPSA) is 40.5 Å². The molecule has 0 saturated carbocycles. The lowest BCUT2D eigenvalue weighted by Gasteiger charge is -2.15. The second-order valence-electron chi connectivity index (χ2n) is 4.82. The molecule has 0 spiro atoms. The molecule has 0 saturated heterocycles. The molecule has 0 aliphatic carbocycles. The number of nitrogens with zero attached hydrogens (tertiary/aromatic N) is 1. The first-order valence-electron chi connectivity index (χ1n) is 6.44. The lowest BCUT2D eigenvalue weighted by molar-refractivity contribution is -0.131. The maximum Gasteiger partial charge on any atom is 0.328 e. The Morgan fingerprint density at radius 3 is 2.90 bits per heavy atom. The fourth-order valence-electron chi connectivity index (χ4n) is 2.00. The molecule has 0 aliphatic heterocycles. The molecule has 0 fully saturated rings. The molecule has 0 unspecified atom stereocenters. The molecule has 5 heteroatoms. The van der Waals surface area contributed by atoms with Gasteiger partial charge in [-0.25, -0.2) is 4.79 Å². The quantitative estimate of drug-likeness (QED) is 0.813. The monoisotopic (exact) mass is 321 g/mol. The van der Waals surface area contributed by atoms with Crippen molar-refractivity contribution >= 4 is 35.0 Å². The third-order valence-corrected chi connectivity index (χ3v) is 4.03. The van der Waals surface area contributed by atoms with Crippen LogP contribution >= 0.6 is 22.9 Å². The highest BCUT2D eigenvalue weighted by Gasteiger charge is 2.05. The molecule has 1 heterocycles. The smallest absolute Gasteiger partial charge is 0.328 e. The SMILES string of the molecule is CN(Cc1cccc(Cl)c1)Cc1cc(C=CC(=O)O)cs1. The summed E-state index contributed by atoms with van der Waals surface area (Å²) in [5.41, 5.74) is 2.10. The van der Waals surface area contributed by atoms with Gasteiger partial charge in [-0.2, -0.15) is 0 Å². The van der Waals surface area contributed by atoms with Crippen molar-refractivity contribution in [3.8, 4) is 0 Å². The van der Waals surface area contributed by atoms with E-state index < -0.39 is 5.97 Å². The van der Waals surface area contributed by atoms with Gasteiger partial charge in [0.1, 0.15) is 0 Å². The zero-order valence-corrected chi connectivity index (χ0v) is 13.2. The fourth-order valence-corrected chi connectivity index (χ4v) is 3.15. The number of thiophene rings is 1. The summed E-state index contributed by atoms with van der Waals surface area (Å²) < 4.78 is 0. The third-order valence-electron chi connectivity index (χ3n) is 2.86. The number of benzene rings is 1. The highest BCUT2D eigenvalue weighted by Crippen LogP contribution is 2.19. The molecular formula is C16H16ClNO2S. The highest BCUT2D eigenvalue weighted by molar-refractivity contribution is 7.10. The van der Waals surface area contributed by atoms with Crippen LogP contribution in [-0.2, 0) is 17.9 Å². The highest BCUT2D eigenvalue weighted by atomic mass is 35.5. The van der Waals surface area contributed by atoms with Crippen LogP contribution in [0.4, 0.5) is 0 Å². The van der Waals surface area contributed by atoms with Crippen LogP contribution < -0.4 is 0 Å². The minimum Gasteiger partial charge on any atom is -0.478 e. The predicted octanol–water partition coefficient (Wildman–Crippen LogP) is 4.13. The van der Waals surface area contributed by atoms with Gasteiger partial charge in [-0.1, -0.05) is 23.7 Å². The van der Waals surface area contributed by atoms with Crippen molar-refractivity contribution in [2.75, 3.05) is 7.05 Å². The van der Waals surface area contributed by atoms with E-state index in [1.807, 2.05) is 36.7 Å². The second-order valence-corrected chi connectivity index (χ2v) is 6.25. The average molecular weight is 322 g/mol. The number of carbonyl (C=O) groups is 1. The summed E-state index contributed by atoms with van der Waals surface area (Å²) in [5.74, 6) is -0.930. The first-order valence-corrected chi connectivity index (χ1v) is 7.70. The molecule has 110 valence electrons. The molecule has 0 amide bonds. The van der Waals surface area contributed by atoms with Gasteiger partial charge in [-0.05, 0) is 47.8 Å². The van der Waals surface area contributed by atoms with Crippen LogP contribution in [0.3, 0.4) is 0 Å². The minimum absolute atomic E-state index is 0.748. The van der Waals surface area contributed by atoms with E-state index in [1.165, 1.54) is 10.4 Å². The predicted molar refractivity (Wildman–Crippen MR) is 87.6 cm³/mol. The molecule has 1 N–H and O–H groups in total. The first-order chi connectivity index (χ1) is 10.0. The van der Waals surface area contributed by atoms with Crippen molar-refractivity contribution in [3.63, 3.8) is 0 Å². The van der Waals surface area contributed by atoms with Crippen LogP contribution in [-0.4, -0.2) is 23.0 Å². The molecule has 3 nitrogen and oxygen atoms in total. The Morgan fingerprint density at radius 1 is 1.38 bits per heavy atom. The Kier molecular flexibility index (Phi) is 5.56. The van der Waals surface area contributed by atoms with Gasteiger partial charge in [0.05, 0.1) is 0 Å². The lowest BCUT2D eigenvalue weighted by Crippen LogP contribution is -2.16. The van der Waals surface area contributed by atoms with Crippen LogP contribution in [0.25, 0.3) is 6.08 Å². The standard InChI is InChI=1S/C16H16ClNO2S/c1-18(9-12-3-2-4-14(17)7-12)10-15-8-13(11-21-15)5-6-16(19)20/h2-8,11H,9-10H2,1H3,(H,19,20).